The number of nitrogens with one attached hydrogen (secondary N) is 2. The molecule has 0 aliphatic carbocycles. The molecule has 2 rings (SSSR count). The quantitative estimate of drug-likeness (QED) is 0.591. The Morgan fingerprint density at radius 1 is 1.05 bits per heavy atom. The highest BCUT2D eigenvalue weighted by molar-refractivity contribution is 7.99. The van der Waals surface area contributed by atoms with Crippen LogP contribution in [0.5, 0.6) is 0 Å². The van der Waals surface area contributed by atoms with Crippen LogP contribution in [-0.4, -0.2) is 24.8 Å². The van der Waals surface area contributed by atoms with Crippen LogP contribution in [0, 0.1) is 0 Å². The van der Waals surface area contributed by atoms with Crippen LogP contribution in [0.2, 0.25) is 0 Å². The maximum Gasteiger partial charge on any atom is 0.196 e. The Labute approximate surface area is 120 Å². The molecule has 1 aliphatic heterocycles. The average molecular weight is 277 g/mol. The van der Waals surface area contributed by atoms with Crippen LogP contribution in [0.15, 0.2) is 34.2 Å². The zero-order chi connectivity index (χ0) is 13.3. The summed E-state index contributed by atoms with van der Waals surface area (Å²) in [5.41, 5.74) is 1.01. The Bertz CT molecular complexity index is 392. The first kappa shape index (κ1) is 14.3. The van der Waals surface area contributed by atoms with Gasteiger partial charge in [-0.3, -0.25) is 0 Å². The lowest BCUT2D eigenvalue weighted by Crippen LogP contribution is -2.23. The van der Waals surface area contributed by atoms with Gasteiger partial charge in [-0.2, -0.15) is 0 Å². The summed E-state index contributed by atoms with van der Waals surface area (Å²) in [6.45, 7) is 4.18. The molecule has 104 valence electrons. The molecule has 0 unspecified atom stereocenters. The second kappa shape index (κ2) is 8.10. The van der Waals surface area contributed by atoms with Crippen molar-refractivity contribution in [1.29, 1.82) is 0 Å². The van der Waals surface area contributed by atoms with Gasteiger partial charge in [-0.25, -0.2) is 4.99 Å². The van der Waals surface area contributed by atoms with Crippen molar-refractivity contribution in [3.63, 3.8) is 0 Å². The SMILES string of the molecule is CCCCCCSc1ccc(N=C2NCCN2)cc1. The smallest absolute Gasteiger partial charge is 0.196 e. The number of hydrogen-bond donors (Lipinski definition) is 2. The van der Waals surface area contributed by atoms with Gasteiger partial charge >= 0.3 is 0 Å². The van der Waals surface area contributed by atoms with E-state index in [1.165, 1.54) is 36.3 Å². The molecule has 0 bridgehead atoms. The van der Waals surface area contributed by atoms with E-state index < -0.39 is 0 Å². The predicted octanol–water partition coefficient (Wildman–Crippen LogP) is 3.54. The van der Waals surface area contributed by atoms with E-state index in [9.17, 15) is 0 Å². The van der Waals surface area contributed by atoms with Gasteiger partial charge in [0.25, 0.3) is 0 Å². The van der Waals surface area contributed by atoms with Crippen molar-refractivity contribution in [1.82, 2.24) is 10.6 Å². The molecule has 4 heteroatoms. The van der Waals surface area contributed by atoms with E-state index in [4.69, 9.17) is 0 Å². The van der Waals surface area contributed by atoms with Gasteiger partial charge < -0.3 is 10.6 Å². The largest absolute Gasteiger partial charge is 0.354 e. The van der Waals surface area contributed by atoms with Gasteiger partial charge in [0.15, 0.2) is 5.96 Å². The third kappa shape index (κ3) is 5.15. The standard InChI is InChI=1S/C15H23N3S/c1-2-3-4-5-12-19-14-8-6-13(7-9-14)18-15-16-10-11-17-15/h6-9H,2-5,10-12H2,1H3,(H2,16,17,18). The molecule has 1 aliphatic rings. The lowest BCUT2D eigenvalue weighted by Gasteiger charge is -2.03. The summed E-state index contributed by atoms with van der Waals surface area (Å²) < 4.78 is 0. The molecule has 0 radical (unpaired) electrons. The van der Waals surface area contributed by atoms with Gasteiger partial charge in [0.05, 0.1) is 5.69 Å². The van der Waals surface area contributed by atoms with E-state index in [1.54, 1.807) is 0 Å². The molecule has 2 N–H and O–H groups in total. The number of unbranched alkanes of at least 4 members (excludes halogenated alkanes) is 3. The molecular formula is C15H23N3S. The van der Waals surface area contributed by atoms with Crippen molar-refractivity contribution in [3.05, 3.63) is 24.3 Å². The Morgan fingerprint density at radius 3 is 2.47 bits per heavy atom. The van der Waals surface area contributed by atoms with Gasteiger partial charge in [0.2, 0.25) is 0 Å². The minimum absolute atomic E-state index is 0.889. The molecule has 1 aromatic rings. The van der Waals surface area contributed by atoms with Gasteiger partial charge in [0, 0.05) is 18.0 Å². The Hall–Kier alpha value is -1.16. The summed E-state index contributed by atoms with van der Waals surface area (Å²) in [7, 11) is 0. The second-order valence-corrected chi connectivity index (χ2v) is 5.89. The normalized spacial score (nSPS) is 14.1. The lowest BCUT2D eigenvalue weighted by molar-refractivity contribution is 0.706. The van der Waals surface area contributed by atoms with Crippen LogP contribution in [0.1, 0.15) is 32.6 Å². The highest BCUT2D eigenvalue weighted by atomic mass is 32.2. The van der Waals surface area contributed by atoms with E-state index in [0.717, 1.165) is 24.7 Å². The Kier molecular flexibility index (Phi) is 6.08. The molecule has 1 saturated heterocycles. The Morgan fingerprint density at radius 2 is 1.79 bits per heavy atom. The van der Waals surface area contributed by atoms with E-state index in [0.29, 0.717) is 0 Å². The number of rotatable bonds is 7. The molecule has 0 atom stereocenters. The van der Waals surface area contributed by atoms with Crippen molar-refractivity contribution >= 4 is 23.4 Å². The topological polar surface area (TPSA) is 36.4 Å². The number of hydrogen-bond acceptors (Lipinski definition) is 2. The van der Waals surface area contributed by atoms with Gasteiger partial charge in [-0.05, 0) is 36.4 Å². The third-order valence-electron chi connectivity index (χ3n) is 3.05. The summed E-state index contributed by atoms with van der Waals surface area (Å²) in [5, 5.41) is 6.41. The van der Waals surface area contributed by atoms with E-state index in [1.807, 2.05) is 11.8 Å². The van der Waals surface area contributed by atoms with Crippen LogP contribution < -0.4 is 10.6 Å². The van der Waals surface area contributed by atoms with Crippen molar-refractivity contribution in [3.8, 4) is 0 Å². The van der Waals surface area contributed by atoms with E-state index >= 15 is 0 Å². The molecule has 3 nitrogen and oxygen atoms in total. The first-order chi connectivity index (χ1) is 9.38. The predicted molar refractivity (Wildman–Crippen MR) is 84.4 cm³/mol. The molecule has 0 spiro atoms. The maximum atomic E-state index is 4.51. The van der Waals surface area contributed by atoms with Gasteiger partial charge in [-0.15, -0.1) is 11.8 Å². The van der Waals surface area contributed by atoms with Crippen LogP contribution in [0.3, 0.4) is 0 Å². The summed E-state index contributed by atoms with van der Waals surface area (Å²) >= 11 is 1.94. The summed E-state index contributed by atoms with van der Waals surface area (Å²) in [6, 6.07) is 8.50. The zero-order valence-electron chi connectivity index (χ0n) is 11.6. The van der Waals surface area contributed by atoms with Crippen molar-refractivity contribution in [2.24, 2.45) is 4.99 Å². The molecule has 1 fully saturated rings. The van der Waals surface area contributed by atoms with Crippen LogP contribution in [0.25, 0.3) is 0 Å². The summed E-state index contributed by atoms with van der Waals surface area (Å²) in [5.74, 6) is 2.11. The fourth-order valence-electron chi connectivity index (χ4n) is 1.97. The van der Waals surface area contributed by atoms with Crippen LogP contribution in [-0.2, 0) is 0 Å². The number of thioether (sulfide) groups is 1. The van der Waals surface area contributed by atoms with Crippen LogP contribution in [0.4, 0.5) is 5.69 Å². The molecule has 1 heterocycles. The fourth-order valence-corrected chi connectivity index (χ4v) is 2.88. The van der Waals surface area contributed by atoms with Crippen molar-refractivity contribution in [2.75, 3.05) is 18.8 Å². The number of nitrogens with zero attached hydrogens (tertiary/aromatic N) is 1. The molecule has 0 saturated carbocycles. The maximum absolute atomic E-state index is 4.51. The molecule has 0 aromatic heterocycles. The first-order valence-electron chi connectivity index (χ1n) is 7.18. The Balaban J connectivity index is 1.76. The van der Waals surface area contributed by atoms with Crippen molar-refractivity contribution < 1.29 is 0 Å². The minimum atomic E-state index is 0.889. The van der Waals surface area contributed by atoms with Crippen LogP contribution >= 0.6 is 11.8 Å². The summed E-state index contributed by atoms with van der Waals surface area (Å²) in [6.07, 6.45) is 5.34. The highest BCUT2D eigenvalue weighted by Crippen LogP contribution is 2.23. The molecule has 19 heavy (non-hydrogen) atoms. The highest BCUT2D eigenvalue weighted by Gasteiger charge is 2.04. The molecular weight excluding hydrogens is 254 g/mol. The fraction of sp³-hybridized carbons (Fsp3) is 0.533. The first-order valence-corrected chi connectivity index (χ1v) is 8.16. The minimum Gasteiger partial charge on any atom is -0.354 e. The summed E-state index contributed by atoms with van der Waals surface area (Å²) in [4.78, 5) is 5.85. The molecule has 1 aromatic carbocycles. The third-order valence-corrected chi connectivity index (χ3v) is 4.15. The van der Waals surface area contributed by atoms with E-state index in [2.05, 4.69) is 46.8 Å². The van der Waals surface area contributed by atoms with Crippen molar-refractivity contribution in [2.45, 2.75) is 37.5 Å². The van der Waals surface area contributed by atoms with Gasteiger partial charge in [0.1, 0.15) is 0 Å². The molecule has 0 amide bonds. The zero-order valence-corrected chi connectivity index (χ0v) is 12.4. The number of aliphatic imine (C=N–C) groups is 1. The van der Waals surface area contributed by atoms with Gasteiger partial charge in [-0.1, -0.05) is 26.2 Å². The second-order valence-electron chi connectivity index (χ2n) is 4.72. The van der Waals surface area contributed by atoms with E-state index in [-0.39, 0.29) is 0 Å². The average Bonchev–Trinajstić information content (AvgIpc) is 2.93. The lowest BCUT2D eigenvalue weighted by atomic mass is 10.2. The monoisotopic (exact) mass is 277 g/mol. The number of guanidine groups is 1. The number of benzene rings is 1.